The SMILES string of the molecule is CN(Cc1cscn1)c1ccc(CBr)c(Br)c1. The molecule has 0 aliphatic rings. The van der Waals surface area contributed by atoms with Crippen LogP contribution in [0.5, 0.6) is 0 Å². The van der Waals surface area contributed by atoms with Crippen LogP contribution in [0.3, 0.4) is 0 Å². The summed E-state index contributed by atoms with van der Waals surface area (Å²) in [5.74, 6) is 0. The van der Waals surface area contributed by atoms with Crippen LogP contribution in [0, 0.1) is 0 Å². The molecule has 90 valence electrons. The molecule has 17 heavy (non-hydrogen) atoms. The van der Waals surface area contributed by atoms with Gasteiger partial charge in [0.2, 0.25) is 0 Å². The van der Waals surface area contributed by atoms with Gasteiger partial charge in [0.25, 0.3) is 0 Å². The maximum absolute atomic E-state index is 4.30. The predicted octanol–water partition coefficient (Wildman–Crippen LogP) is 4.44. The topological polar surface area (TPSA) is 16.1 Å². The van der Waals surface area contributed by atoms with E-state index in [0.29, 0.717) is 0 Å². The van der Waals surface area contributed by atoms with Gasteiger partial charge in [-0.1, -0.05) is 37.9 Å². The first-order valence-electron chi connectivity index (χ1n) is 5.13. The van der Waals surface area contributed by atoms with Crippen molar-refractivity contribution in [3.8, 4) is 0 Å². The van der Waals surface area contributed by atoms with Crippen LogP contribution in [0.2, 0.25) is 0 Å². The maximum Gasteiger partial charge on any atom is 0.0795 e. The largest absolute Gasteiger partial charge is 0.369 e. The van der Waals surface area contributed by atoms with E-state index in [-0.39, 0.29) is 0 Å². The summed E-state index contributed by atoms with van der Waals surface area (Å²) in [5.41, 5.74) is 5.43. The molecule has 0 N–H and O–H groups in total. The minimum absolute atomic E-state index is 0.837. The fraction of sp³-hybridized carbons (Fsp3) is 0.250. The summed E-state index contributed by atoms with van der Waals surface area (Å²) in [5, 5.41) is 2.95. The Balaban J connectivity index is 2.14. The normalized spacial score (nSPS) is 10.5. The summed E-state index contributed by atoms with van der Waals surface area (Å²) in [6.07, 6.45) is 0. The first kappa shape index (κ1) is 13.1. The average Bonchev–Trinajstić information content (AvgIpc) is 2.81. The molecule has 0 radical (unpaired) electrons. The molecule has 5 heteroatoms. The molecular weight excluding hydrogens is 364 g/mol. The average molecular weight is 376 g/mol. The number of halogens is 2. The highest BCUT2D eigenvalue weighted by Crippen LogP contribution is 2.25. The Bertz CT molecular complexity index is 485. The molecule has 0 aliphatic heterocycles. The Morgan fingerprint density at radius 1 is 1.41 bits per heavy atom. The summed E-state index contributed by atoms with van der Waals surface area (Å²) < 4.78 is 1.14. The van der Waals surface area contributed by atoms with E-state index in [2.05, 4.69) is 72.4 Å². The van der Waals surface area contributed by atoms with E-state index in [9.17, 15) is 0 Å². The van der Waals surface area contributed by atoms with Crippen LogP contribution in [0.15, 0.2) is 33.6 Å². The van der Waals surface area contributed by atoms with Gasteiger partial charge in [0.1, 0.15) is 0 Å². The van der Waals surface area contributed by atoms with Crippen molar-refractivity contribution >= 4 is 48.9 Å². The van der Waals surface area contributed by atoms with Crippen LogP contribution in [0.4, 0.5) is 5.69 Å². The van der Waals surface area contributed by atoms with E-state index in [1.54, 1.807) is 11.3 Å². The van der Waals surface area contributed by atoms with Gasteiger partial charge in [0.15, 0.2) is 0 Å². The first-order valence-corrected chi connectivity index (χ1v) is 7.99. The zero-order valence-corrected chi connectivity index (χ0v) is 13.3. The molecule has 0 saturated heterocycles. The van der Waals surface area contributed by atoms with Gasteiger partial charge in [0.05, 0.1) is 17.7 Å². The molecule has 0 spiro atoms. The van der Waals surface area contributed by atoms with Crippen molar-refractivity contribution in [2.75, 3.05) is 11.9 Å². The molecule has 2 aromatic rings. The Hall–Kier alpha value is -0.390. The van der Waals surface area contributed by atoms with Gasteiger partial charge in [-0.2, -0.15) is 0 Å². The first-order chi connectivity index (χ1) is 8.20. The second-order valence-corrected chi connectivity index (χ2v) is 5.88. The van der Waals surface area contributed by atoms with Crippen LogP contribution in [0.1, 0.15) is 11.3 Å². The molecule has 0 unspecified atom stereocenters. The molecule has 0 bridgehead atoms. The van der Waals surface area contributed by atoms with E-state index >= 15 is 0 Å². The number of benzene rings is 1. The third-order valence-corrected chi connectivity index (χ3v) is 4.48. The number of thiazole rings is 1. The van der Waals surface area contributed by atoms with E-state index < -0.39 is 0 Å². The van der Waals surface area contributed by atoms with Crippen LogP contribution in [-0.2, 0) is 11.9 Å². The number of hydrogen-bond donors (Lipinski definition) is 0. The summed E-state index contributed by atoms with van der Waals surface area (Å²) in [6, 6.07) is 6.41. The highest BCUT2D eigenvalue weighted by Gasteiger charge is 2.06. The molecule has 2 rings (SSSR count). The molecule has 0 aliphatic carbocycles. The molecule has 0 atom stereocenters. The Morgan fingerprint density at radius 2 is 2.24 bits per heavy atom. The molecule has 1 aromatic heterocycles. The molecule has 2 nitrogen and oxygen atoms in total. The zero-order chi connectivity index (χ0) is 12.3. The van der Waals surface area contributed by atoms with Crippen molar-refractivity contribution in [1.29, 1.82) is 0 Å². The Labute approximate surface area is 122 Å². The number of anilines is 1. The van der Waals surface area contributed by atoms with E-state index in [1.165, 1.54) is 11.3 Å². The molecule has 1 aromatic carbocycles. The minimum Gasteiger partial charge on any atom is -0.369 e. The third-order valence-electron chi connectivity index (χ3n) is 2.50. The van der Waals surface area contributed by atoms with Gasteiger partial charge in [0, 0.05) is 27.9 Å². The molecule has 0 fully saturated rings. The van der Waals surface area contributed by atoms with Crippen molar-refractivity contribution in [2.24, 2.45) is 0 Å². The lowest BCUT2D eigenvalue weighted by molar-refractivity contribution is 0.894. The second kappa shape index (κ2) is 5.98. The quantitative estimate of drug-likeness (QED) is 0.734. The third kappa shape index (κ3) is 3.30. The highest BCUT2D eigenvalue weighted by atomic mass is 79.9. The number of hydrogen-bond acceptors (Lipinski definition) is 3. The lowest BCUT2D eigenvalue weighted by Gasteiger charge is -2.19. The Kier molecular flexibility index (Phi) is 4.59. The molecule has 0 amide bonds. The number of alkyl halides is 1. The van der Waals surface area contributed by atoms with Gasteiger partial charge in [-0.05, 0) is 17.7 Å². The van der Waals surface area contributed by atoms with Crippen molar-refractivity contribution < 1.29 is 0 Å². The van der Waals surface area contributed by atoms with E-state index in [4.69, 9.17) is 0 Å². The number of nitrogens with zero attached hydrogens (tertiary/aromatic N) is 2. The van der Waals surface area contributed by atoms with Crippen molar-refractivity contribution in [3.05, 3.63) is 44.8 Å². The van der Waals surface area contributed by atoms with Crippen LogP contribution in [0.25, 0.3) is 0 Å². The predicted molar refractivity (Wildman–Crippen MR) is 81.0 cm³/mol. The van der Waals surface area contributed by atoms with Gasteiger partial charge in [-0.15, -0.1) is 11.3 Å². The van der Waals surface area contributed by atoms with Gasteiger partial charge in [-0.25, -0.2) is 4.98 Å². The molecule has 0 saturated carbocycles. The second-order valence-electron chi connectivity index (χ2n) is 3.75. The number of rotatable bonds is 4. The summed E-state index contributed by atoms with van der Waals surface area (Å²) in [4.78, 5) is 6.49. The van der Waals surface area contributed by atoms with Crippen molar-refractivity contribution in [1.82, 2.24) is 4.98 Å². The van der Waals surface area contributed by atoms with Crippen LogP contribution >= 0.6 is 43.2 Å². The fourth-order valence-electron chi connectivity index (χ4n) is 1.53. The summed E-state index contributed by atoms with van der Waals surface area (Å²) in [6.45, 7) is 0.837. The fourth-order valence-corrected chi connectivity index (χ4v) is 3.45. The van der Waals surface area contributed by atoms with Crippen molar-refractivity contribution in [3.63, 3.8) is 0 Å². The van der Waals surface area contributed by atoms with Gasteiger partial charge >= 0.3 is 0 Å². The van der Waals surface area contributed by atoms with E-state index in [1.807, 2.05) is 5.51 Å². The monoisotopic (exact) mass is 374 g/mol. The van der Waals surface area contributed by atoms with Gasteiger partial charge in [-0.3, -0.25) is 0 Å². The smallest absolute Gasteiger partial charge is 0.0795 e. The van der Waals surface area contributed by atoms with Crippen LogP contribution < -0.4 is 4.90 Å². The summed E-state index contributed by atoms with van der Waals surface area (Å²) >= 11 is 8.68. The highest BCUT2D eigenvalue weighted by molar-refractivity contribution is 9.10. The lowest BCUT2D eigenvalue weighted by atomic mass is 10.2. The van der Waals surface area contributed by atoms with E-state index in [0.717, 1.165) is 22.0 Å². The standard InChI is InChI=1S/C12H12Br2N2S/c1-16(6-10-7-17-8-15-10)11-3-2-9(5-13)12(14)4-11/h2-4,7-8H,5-6H2,1H3. The Morgan fingerprint density at radius 3 is 2.82 bits per heavy atom. The number of aromatic nitrogens is 1. The maximum atomic E-state index is 4.30. The lowest BCUT2D eigenvalue weighted by Crippen LogP contribution is -2.16. The molecular formula is C12H12Br2N2S. The van der Waals surface area contributed by atoms with Crippen LogP contribution in [-0.4, -0.2) is 12.0 Å². The van der Waals surface area contributed by atoms with Crippen molar-refractivity contribution in [2.45, 2.75) is 11.9 Å². The zero-order valence-electron chi connectivity index (χ0n) is 9.36. The summed E-state index contributed by atoms with van der Waals surface area (Å²) in [7, 11) is 2.08. The minimum atomic E-state index is 0.837. The molecule has 1 heterocycles. The van der Waals surface area contributed by atoms with Gasteiger partial charge < -0.3 is 4.90 Å².